The SMILES string of the molecule is CC.CCC(C)Cc1ccc2c(c1)CCC(n1cnc3cc(C(C)(C)CC)sc3c1=O)C2. The zero-order valence-corrected chi connectivity index (χ0v) is 21.8. The Hall–Kier alpha value is -1.94. The molecule has 1 aromatic carbocycles. The number of thiophene rings is 1. The molecule has 1 aliphatic rings. The topological polar surface area (TPSA) is 34.9 Å². The molecule has 0 aliphatic heterocycles. The van der Waals surface area contributed by atoms with Crippen LogP contribution in [0.15, 0.2) is 35.4 Å². The predicted molar refractivity (Wildman–Crippen MR) is 139 cm³/mol. The molecule has 3 nitrogen and oxygen atoms in total. The summed E-state index contributed by atoms with van der Waals surface area (Å²) in [7, 11) is 0. The normalized spacial score (nSPS) is 16.9. The Balaban J connectivity index is 0.00000141. The van der Waals surface area contributed by atoms with Gasteiger partial charge in [0.05, 0.1) is 11.8 Å². The number of hydrogen-bond donors (Lipinski definition) is 0. The quantitative estimate of drug-likeness (QED) is 0.388. The van der Waals surface area contributed by atoms with Gasteiger partial charge in [0.1, 0.15) is 4.70 Å². The molecular weight excluding hydrogens is 412 g/mol. The van der Waals surface area contributed by atoms with E-state index in [0.29, 0.717) is 0 Å². The molecule has 174 valence electrons. The number of rotatable bonds is 6. The lowest BCUT2D eigenvalue weighted by molar-refractivity contribution is 0.429. The Morgan fingerprint density at radius 1 is 1.19 bits per heavy atom. The fourth-order valence-electron chi connectivity index (χ4n) is 4.39. The van der Waals surface area contributed by atoms with Crippen molar-refractivity contribution < 1.29 is 0 Å². The average Bonchev–Trinajstić information content (AvgIpc) is 3.26. The van der Waals surface area contributed by atoms with Gasteiger partial charge in [-0.25, -0.2) is 4.98 Å². The number of benzene rings is 1. The molecule has 2 atom stereocenters. The molecule has 0 N–H and O–H groups in total. The van der Waals surface area contributed by atoms with E-state index in [1.54, 1.807) is 17.7 Å². The van der Waals surface area contributed by atoms with Crippen molar-refractivity contribution in [3.63, 3.8) is 0 Å². The van der Waals surface area contributed by atoms with E-state index in [4.69, 9.17) is 0 Å². The maximum atomic E-state index is 13.3. The van der Waals surface area contributed by atoms with E-state index in [1.165, 1.54) is 28.0 Å². The largest absolute Gasteiger partial charge is 0.295 e. The van der Waals surface area contributed by atoms with E-state index in [1.807, 2.05) is 18.4 Å². The summed E-state index contributed by atoms with van der Waals surface area (Å²) in [5, 5.41) is 0. The highest BCUT2D eigenvalue weighted by molar-refractivity contribution is 7.19. The van der Waals surface area contributed by atoms with E-state index in [-0.39, 0.29) is 17.0 Å². The van der Waals surface area contributed by atoms with Crippen LogP contribution in [0.25, 0.3) is 10.2 Å². The van der Waals surface area contributed by atoms with Gasteiger partial charge in [0.15, 0.2) is 0 Å². The van der Waals surface area contributed by atoms with Crippen LogP contribution < -0.4 is 5.56 Å². The number of aryl methyl sites for hydroxylation is 1. The lowest BCUT2D eigenvalue weighted by Gasteiger charge is -2.26. The zero-order valence-electron chi connectivity index (χ0n) is 21.0. The highest BCUT2D eigenvalue weighted by Gasteiger charge is 2.25. The fourth-order valence-corrected chi connectivity index (χ4v) is 5.61. The van der Waals surface area contributed by atoms with Crippen molar-refractivity contribution in [3.8, 4) is 0 Å². The van der Waals surface area contributed by atoms with Crippen molar-refractivity contribution >= 4 is 21.6 Å². The van der Waals surface area contributed by atoms with Crippen LogP contribution in [0.1, 0.15) is 95.3 Å². The molecule has 2 aromatic heterocycles. The molecule has 4 rings (SSSR count). The van der Waals surface area contributed by atoms with E-state index >= 15 is 0 Å². The van der Waals surface area contributed by atoms with Crippen molar-refractivity contribution in [3.05, 3.63) is 62.5 Å². The minimum absolute atomic E-state index is 0.0827. The van der Waals surface area contributed by atoms with Crippen LogP contribution in [-0.2, 0) is 24.7 Å². The first-order valence-electron chi connectivity index (χ1n) is 12.4. The van der Waals surface area contributed by atoms with Crippen LogP contribution in [0.5, 0.6) is 0 Å². The molecule has 32 heavy (non-hydrogen) atoms. The molecule has 2 heterocycles. The summed E-state index contributed by atoms with van der Waals surface area (Å²) in [5.41, 5.74) is 5.38. The first kappa shape index (κ1) is 24.7. The molecular formula is C28H40N2OS. The molecule has 0 saturated carbocycles. The smallest absolute Gasteiger partial charge is 0.271 e. The molecule has 1 aliphatic carbocycles. The van der Waals surface area contributed by atoms with Crippen LogP contribution in [0.3, 0.4) is 0 Å². The summed E-state index contributed by atoms with van der Waals surface area (Å²) < 4.78 is 2.71. The average molecular weight is 453 g/mol. The van der Waals surface area contributed by atoms with Crippen LogP contribution in [0, 0.1) is 5.92 Å². The summed E-state index contributed by atoms with van der Waals surface area (Å²) >= 11 is 1.63. The van der Waals surface area contributed by atoms with E-state index in [2.05, 4.69) is 63.9 Å². The molecule has 0 fully saturated rings. The van der Waals surface area contributed by atoms with Crippen LogP contribution in [0.2, 0.25) is 0 Å². The Bertz CT molecular complexity index is 1110. The molecule has 0 radical (unpaired) electrons. The molecule has 0 saturated heterocycles. The summed E-state index contributed by atoms with van der Waals surface area (Å²) in [6.45, 7) is 15.3. The standard InChI is InChI=1S/C26H34N2OS.C2H6/c1-6-17(3)12-18-8-9-20-14-21(11-10-19(20)13-18)28-16-27-22-15-23(26(4,5)7-2)30-24(22)25(28)29;1-2/h8-9,13,15-17,21H,6-7,10-12,14H2,1-5H3;1-2H3. The number of hydrogen-bond acceptors (Lipinski definition) is 3. The van der Waals surface area contributed by atoms with Gasteiger partial charge in [-0.05, 0) is 66.2 Å². The van der Waals surface area contributed by atoms with Gasteiger partial charge >= 0.3 is 0 Å². The second-order valence-corrected chi connectivity index (χ2v) is 10.8. The molecule has 0 spiro atoms. The third kappa shape index (κ3) is 5.01. The Labute approximate surface area is 197 Å². The number of fused-ring (bicyclic) bond motifs is 2. The van der Waals surface area contributed by atoms with Crippen molar-refractivity contribution in [1.29, 1.82) is 0 Å². The molecule has 0 amide bonds. The van der Waals surface area contributed by atoms with E-state index < -0.39 is 0 Å². The Kier molecular flexibility index (Phi) is 7.97. The summed E-state index contributed by atoms with van der Waals surface area (Å²) in [4.78, 5) is 19.2. The minimum atomic E-state index is 0.0827. The van der Waals surface area contributed by atoms with Gasteiger partial charge < -0.3 is 0 Å². The number of aromatic nitrogens is 2. The van der Waals surface area contributed by atoms with Crippen molar-refractivity contribution in [2.75, 3.05) is 0 Å². The zero-order chi connectivity index (χ0) is 23.5. The maximum Gasteiger partial charge on any atom is 0.271 e. The molecule has 2 unspecified atom stereocenters. The van der Waals surface area contributed by atoms with Gasteiger partial charge in [-0.15, -0.1) is 11.3 Å². The maximum absolute atomic E-state index is 13.3. The van der Waals surface area contributed by atoms with Gasteiger partial charge in [0.25, 0.3) is 5.56 Å². The van der Waals surface area contributed by atoms with Crippen molar-refractivity contribution in [2.24, 2.45) is 5.92 Å². The van der Waals surface area contributed by atoms with Gasteiger partial charge in [-0.1, -0.05) is 73.1 Å². The van der Waals surface area contributed by atoms with Crippen molar-refractivity contribution in [2.45, 2.75) is 98.4 Å². The van der Waals surface area contributed by atoms with Gasteiger partial charge in [0.2, 0.25) is 0 Å². The highest BCUT2D eigenvalue weighted by Crippen LogP contribution is 2.35. The van der Waals surface area contributed by atoms with Gasteiger partial charge in [-0.3, -0.25) is 9.36 Å². The first-order chi connectivity index (χ1) is 15.3. The summed E-state index contributed by atoms with van der Waals surface area (Å²) in [6, 6.07) is 9.30. The predicted octanol–water partition coefficient (Wildman–Crippen LogP) is 7.49. The van der Waals surface area contributed by atoms with Crippen LogP contribution >= 0.6 is 11.3 Å². The Morgan fingerprint density at radius 2 is 1.94 bits per heavy atom. The first-order valence-corrected chi connectivity index (χ1v) is 13.3. The molecule has 0 bridgehead atoms. The minimum Gasteiger partial charge on any atom is -0.295 e. The third-order valence-corrected chi connectivity index (χ3v) is 8.64. The van der Waals surface area contributed by atoms with Crippen molar-refractivity contribution in [1.82, 2.24) is 9.55 Å². The summed E-state index contributed by atoms with van der Waals surface area (Å²) in [6.07, 6.45) is 8.17. The molecule has 3 aromatic rings. The van der Waals surface area contributed by atoms with Crippen LogP contribution in [0.4, 0.5) is 0 Å². The highest BCUT2D eigenvalue weighted by atomic mass is 32.1. The van der Waals surface area contributed by atoms with Gasteiger partial charge in [-0.2, -0.15) is 0 Å². The second-order valence-electron chi connectivity index (χ2n) is 9.74. The number of nitrogens with zero attached hydrogens (tertiary/aromatic N) is 2. The van der Waals surface area contributed by atoms with Crippen LogP contribution in [-0.4, -0.2) is 9.55 Å². The molecule has 4 heteroatoms. The fraction of sp³-hybridized carbons (Fsp3) is 0.571. The summed E-state index contributed by atoms with van der Waals surface area (Å²) in [5.74, 6) is 0.726. The van der Waals surface area contributed by atoms with E-state index in [0.717, 1.165) is 48.2 Å². The van der Waals surface area contributed by atoms with E-state index in [9.17, 15) is 4.79 Å². The third-order valence-electron chi connectivity index (χ3n) is 7.16. The lowest BCUT2D eigenvalue weighted by atomic mass is 9.85. The van der Waals surface area contributed by atoms with Gasteiger partial charge in [0, 0.05) is 10.9 Å². The lowest BCUT2D eigenvalue weighted by Crippen LogP contribution is -2.28. The second kappa shape index (κ2) is 10.3. The Morgan fingerprint density at radius 3 is 2.62 bits per heavy atom. The monoisotopic (exact) mass is 452 g/mol.